The summed E-state index contributed by atoms with van der Waals surface area (Å²) < 4.78 is 0. The van der Waals surface area contributed by atoms with E-state index in [4.69, 9.17) is 0 Å². The Morgan fingerprint density at radius 3 is 1.03 bits per heavy atom. The van der Waals surface area contributed by atoms with E-state index in [1.807, 2.05) is 0 Å². The van der Waals surface area contributed by atoms with Crippen molar-refractivity contribution in [2.75, 3.05) is 9.80 Å². The molecule has 0 unspecified atom stereocenters. The Morgan fingerprint density at radius 2 is 0.582 bits per heavy atom. The molecule has 0 spiro atoms. The number of nitrogens with zero attached hydrogens (tertiary/aromatic N) is 2. The van der Waals surface area contributed by atoms with Crippen molar-refractivity contribution in [1.82, 2.24) is 0 Å². The molecule has 0 aliphatic heterocycles. The molecule has 0 saturated heterocycles. The van der Waals surface area contributed by atoms with Crippen molar-refractivity contribution in [3.05, 3.63) is 289 Å². The monoisotopic (exact) mass is 852 g/mol. The van der Waals surface area contributed by atoms with Gasteiger partial charge in [0.2, 0.25) is 0 Å². The quantitative estimate of drug-likeness (QED) is 0.150. The van der Waals surface area contributed by atoms with Crippen LogP contribution in [0.3, 0.4) is 0 Å². The van der Waals surface area contributed by atoms with E-state index in [2.05, 4.69) is 277 Å². The predicted octanol–water partition coefficient (Wildman–Crippen LogP) is 17.6. The molecule has 12 aromatic rings. The average Bonchev–Trinajstić information content (AvgIpc) is 3.69. The number of anilines is 6. The number of rotatable bonds is 8. The molecular weight excluding hydrogens is 809 g/mol. The van der Waals surface area contributed by atoms with Crippen molar-refractivity contribution in [2.45, 2.75) is 5.41 Å². The first kappa shape index (κ1) is 38.7. The fraction of sp³-hybridized carbons (Fsp3) is 0.0154. The molecule has 0 fully saturated rings. The zero-order valence-electron chi connectivity index (χ0n) is 36.8. The third kappa shape index (κ3) is 6.26. The van der Waals surface area contributed by atoms with Gasteiger partial charge in [0.1, 0.15) is 0 Å². The van der Waals surface area contributed by atoms with Gasteiger partial charge in [0, 0.05) is 33.5 Å². The van der Waals surface area contributed by atoms with Crippen molar-refractivity contribution in [2.24, 2.45) is 0 Å². The van der Waals surface area contributed by atoms with E-state index >= 15 is 0 Å². The van der Waals surface area contributed by atoms with Gasteiger partial charge in [-0.2, -0.15) is 0 Å². The van der Waals surface area contributed by atoms with Crippen LogP contribution in [0.15, 0.2) is 267 Å². The van der Waals surface area contributed by atoms with Gasteiger partial charge in [-0.3, -0.25) is 0 Å². The summed E-state index contributed by atoms with van der Waals surface area (Å²) in [7, 11) is 0. The molecule has 0 radical (unpaired) electrons. The van der Waals surface area contributed by atoms with E-state index in [9.17, 15) is 0 Å². The maximum Gasteiger partial charge on any atom is 0.0715 e. The van der Waals surface area contributed by atoms with Crippen LogP contribution in [0.2, 0.25) is 0 Å². The minimum Gasteiger partial charge on any atom is -0.310 e. The van der Waals surface area contributed by atoms with E-state index in [0.717, 1.165) is 34.1 Å². The van der Waals surface area contributed by atoms with Crippen molar-refractivity contribution >= 4 is 77.2 Å². The van der Waals surface area contributed by atoms with Crippen LogP contribution in [-0.4, -0.2) is 0 Å². The molecule has 1 aliphatic carbocycles. The van der Waals surface area contributed by atoms with Gasteiger partial charge in [-0.15, -0.1) is 0 Å². The van der Waals surface area contributed by atoms with E-state index in [0.29, 0.717) is 0 Å². The lowest BCUT2D eigenvalue weighted by atomic mass is 9.67. The maximum atomic E-state index is 2.48. The lowest BCUT2D eigenvalue weighted by molar-refractivity contribution is 0.768. The standard InChI is InChI=1S/C65H44N2/c1-3-25-51(26-4-1)65(52-27-5-2-6-28-52)61-43-55(66(53-35-33-45-17-7-9-21-49(45)41-53)63-31-15-23-47-19-11-13-29-57(47)63)37-39-59(61)60-40-38-56(44-62(60)65)67(54-36-34-46-18-8-10-22-50(46)42-54)64-32-16-24-48-20-12-14-30-58(48)64/h1-44H. The highest BCUT2D eigenvalue weighted by atomic mass is 15.1. The number of hydrogen-bond acceptors (Lipinski definition) is 2. The van der Waals surface area contributed by atoms with Crippen LogP contribution in [0, 0.1) is 0 Å². The maximum absolute atomic E-state index is 2.48. The Labute approximate surface area is 390 Å². The molecular formula is C65H44N2. The van der Waals surface area contributed by atoms with Crippen LogP contribution in [0.4, 0.5) is 34.1 Å². The average molecular weight is 853 g/mol. The second-order valence-electron chi connectivity index (χ2n) is 17.7. The molecule has 0 atom stereocenters. The van der Waals surface area contributed by atoms with Gasteiger partial charge in [0.15, 0.2) is 0 Å². The summed E-state index contributed by atoms with van der Waals surface area (Å²) in [4.78, 5) is 4.93. The van der Waals surface area contributed by atoms with Crippen molar-refractivity contribution in [1.29, 1.82) is 0 Å². The first-order chi connectivity index (χ1) is 33.2. The van der Waals surface area contributed by atoms with Gasteiger partial charge in [-0.25, -0.2) is 0 Å². The van der Waals surface area contributed by atoms with E-state index in [1.165, 1.54) is 76.5 Å². The van der Waals surface area contributed by atoms with Gasteiger partial charge < -0.3 is 9.80 Å². The predicted molar refractivity (Wildman–Crippen MR) is 283 cm³/mol. The Hall–Kier alpha value is -8.72. The van der Waals surface area contributed by atoms with Gasteiger partial charge >= 0.3 is 0 Å². The van der Waals surface area contributed by atoms with Crippen LogP contribution in [0.25, 0.3) is 54.2 Å². The molecule has 314 valence electrons. The van der Waals surface area contributed by atoms with Crippen LogP contribution in [0.1, 0.15) is 22.3 Å². The molecule has 13 rings (SSSR count). The van der Waals surface area contributed by atoms with Crippen LogP contribution < -0.4 is 9.80 Å². The van der Waals surface area contributed by atoms with Gasteiger partial charge in [-0.05, 0) is 126 Å². The molecule has 2 nitrogen and oxygen atoms in total. The Balaban J connectivity index is 1.09. The molecule has 1 aliphatic rings. The summed E-state index contributed by atoms with van der Waals surface area (Å²) in [6.45, 7) is 0. The van der Waals surface area contributed by atoms with Crippen molar-refractivity contribution in [3.8, 4) is 11.1 Å². The topological polar surface area (TPSA) is 6.48 Å². The highest BCUT2D eigenvalue weighted by Gasteiger charge is 2.47. The lowest BCUT2D eigenvalue weighted by Crippen LogP contribution is -2.29. The first-order valence-electron chi connectivity index (χ1n) is 23.2. The van der Waals surface area contributed by atoms with Crippen molar-refractivity contribution < 1.29 is 0 Å². The molecule has 12 aromatic carbocycles. The second-order valence-corrected chi connectivity index (χ2v) is 17.7. The van der Waals surface area contributed by atoms with Gasteiger partial charge in [0.05, 0.1) is 16.8 Å². The third-order valence-electron chi connectivity index (χ3n) is 14.0. The summed E-state index contributed by atoms with van der Waals surface area (Å²) in [6.07, 6.45) is 0. The summed E-state index contributed by atoms with van der Waals surface area (Å²) in [5, 5.41) is 9.66. The minimum absolute atomic E-state index is 0.666. The Morgan fingerprint density at radius 1 is 0.239 bits per heavy atom. The smallest absolute Gasteiger partial charge is 0.0715 e. The summed E-state index contributed by atoms with van der Waals surface area (Å²) >= 11 is 0. The summed E-state index contributed by atoms with van der Waals surface area (Å²) in [5.74, 6) is 0. The second kappa shape index (κ2) is 15.8. The molecule has 0 amide bonds. The lowest BCUT2D eigenvalue weighted by Gasteiger charge is -2.36. The Bertz CT molecular complexity index is 3570. The van der Waals surface area contributed by atoms with E-state index < -0.39 is 5.41 Å². The van der Waals surface area contributed by atoms with Crippen LogP contribution >= 0.6 is 0 Å². The molecule has 67 heavy (non-hydrogen) atoms. The fourth-order valence-corrected chi connectivity index (χ4v) is 11.0. The molecule has 0 heterocycles. The molecule has 0 saturated carbocycles. The first-order valence-corrected chi connectivity index (χ1v) is 23.2. The minimum atomic E-state index is -0.666. The highest BCUT2D eigenvalue weighted by Crippen LogP contribution is 2.59. The molecule has 0 bridgehead atoms. The normalized spacial score (nSPS) is 12.6. The zero-order valence-corrected chi connectivity index (χ0v) is 36.8. The van der Waals surface area contributed by atoms with Crippen LogP contribution in [0.5, 0.6) is 0 Å². The van der Waals surface area contributed by atoms with Gasteiger partial charge in [-0.1, -0.05) is 206 Å². The summed E-state index contributed by atoms with van der Waals surface area (Å²) in [5.41, 5.74) is 13.4. The third-order valence-corrected chi connectivity index (χ3v) is 14.0. The number of hydrogen-bond donors (Lipinski definition) is 0. The fourth-order valence-electron chi connectivity index (χ4n) is 11.0. The highest BCUT2D eigenvalue weighted by molar-refractivity contribution is 6.03. The molecule has 0 N–H and O–H groups in total. The number of benzene rings is 12. The largest absolute Gasteiger partial charge is 0.310 e. The molecule has 2 heteroatoms. The van der Waals surface area contributed by atoms with Crippen molar-refractivity contribution in [3.63, 3.8) is 0 Å². The SMILES string of the molecule is c1ccc(C2(c3ccccc3)c3cc(N(c4ccc5ccccc5c4)c4cccc5ccccc45)ccc3-c3ccc(N(c4ccc5ccccc5c4)c4cccc5ccccc45)cc32)cc1. The van der Waals surface area contributed by atoms with Crippen LogP contribution in [-0.2, 0) is 5.41 Å². The van der Waals surface area contributed by atoms with Gasteiger partial charge in [0.25, 0.3) is 0 Å². The van der Waals surface area contributed by atoms with E-state index in [1.54, 1.807) is 0 Å². The number of fused-ring (bicyclic) bond motifs is 7. The van der Waals surface area contributed by atoms with E-state index in [-0.39, 0.29) is 0 Å². The zero-order chi connectivity index (χ0) is 44.3. The Kier molecular flexibility index (Phi) is 9.11. The summed E-state index contributed by atoms with van der Waals surface area (Å²) in [6, 6.07) is 98.5. The molecule has 0 aromatic heterocycles.